The second-order valence-corrected chi connectivity index (χ2v) is 8.27. The Kier molecular flexibility index (Phi) is 10.6. The van der Waals surface area contributed by atoms with Gasteiger partial charge in [-0.3, -0.25) is 14.4 Å². The molecule has 0 saturated heterocycles. The van der Waals surface area contributed by atoms with Crippen molar-refractivity contribution >= 4 is 23.9 Å². The zero-order valence-corrected chi connectivity index (χ0v) is 18.0. The van der Waals surface area contributed by atoms with Gasteiger partial charge in [0, 0.05) is 13.1 Å². The number of carbonyl (C=O) groups is 4. The average Bonchev–Trinajstić information content (AvgIpc) is 2.50. The van der Waals surface area contributed by atoms with E-state index in [1.807, 2.05) is 0 Å². The molecule has 1 atom stereocenters. The number of methoxy groups -OCH3 is 1. The van der Waals surface area contributed by atoms with Gasteiger partial charge in [-0.2, -0.15) is 0 Å². The molecule has 1 unspecified atom stereocenters. The van der Waals surface area contributed by atoms with Gasteiger partial charge in [-0.1, -0.05) is 0 Å². The summed E-state index contributed by atoms with van der Waals surface area (Å²) in [5, 5.41) is 5.11. The first-order chi connectivity index (χ1) is 12.7. The summed E-state index contributed by atoms with van der Waals surface area (Å²) in [4.78, 5) is 47.4. The van der Waals surface area contributed by atoms with Crippen LogP contribution in [0, 0.1) is 5.92 Å². The Morgan fingerprint density at radius 3 is 1.93 bits per heavy atom. The van der Waals surface area contributed by atoms with Gasteiger partial charge in [-0.05, 0) is 54.4 Å². The highest BCUT2D eigenvalue weighted by Crippen LogP contribution is 2.11. The van der Waals surface area contributed by atoms with Crippen molar-refractivity contribution in [3.63, 3.8) is 0 Å². The molecule has 0 rings (SSSR count). The van der Waals surface area contributed by atoms with Crippen LogP contribution >= 0.6 is 0 Å². The number of alkyl carbamates (subject to hydrolysis) is 1. The smallest absolute Gasteiger partial charge is 0.407 e. The van der Waals surface area contributed by atoms with Crippen LogP contribution in [-0.4, -0.2) is 55.3 Å². The van der Waals surface area contributed by atoms with E-state index in [4.69, 9.17) is 9.47 Å². The Morgan fingerprint density at radius 1 is 0.857 bits per heavy atom. The van der Waals surface area contributed by atoms with Gasteiger partial charge in [-0.25, -0.2) is 4.79 Å². The fraction of sp³-hybridized carbons (Fsp3) is 0.789. The summed E-state index contributed by atoms with van der Waals surface area (Å²) < 4.78 is 14.9. The van der Waals surface area contributed by atoms with Crippen LogP contribution in [0.25, 0.3) is 0 Å². The molecule has 0 radical (unpaired) electrons. The Balaban J connectivity index is 4.39. The fourth-order valence-corrected chi connectivity index (χ4v) is 2.11. The Morgan fingerprint density at radius 2 is 1.43 bits per heavy atom. The molecule has 0 aliphatic rings. The van der Waals surface area contributed by atoms with Crippen LogP contribution in [0.4, 0.5) is 4.79 Å². The summed E-state index contributed by atoms with van der Waals surface area (Å²) in [5.74, 6) is -2.67. The molecule has 2 amide bonds. The predicted octanol–water partition coefficient (Wildman–Crippen LogP) is 1.93. The first kappa shape index (κ1) is 25.7. The summed E-state index contributed by atoms with van der Waals surface area (Å²) in [5.41, 5.74) is -1.20. The second-order valence-electron chi connectivity index (χ2n) is 8.27. The standard InChI is InChI=1S/C19H34N2O7/c1-18(2,3)27-14(22)10-12-20-15(23)13(16(24)26-7)9-8-11-21-17(25)28-19(4,5)6/h13H,8-12H2,1-7H3,(H,20,23)(H,21,25). The van der Waals surface area contributed by atoms with Gasteiger partial charge in [0.1, 0.15) is 17.1 Å². The zero-order chi connectivity index (χ0) is 22.0. The number of hydrogen-bond acceptors (Lipinski definition) is 7. The van der Waals surface area contributed by atoms with Gasteiger partial charge in [-0.15, -0.1) is 0 Å². The molecule has 0 fully saturated rings. The van der Waals surface area contributed by atoms with Gasteiger partial charge < -0.3 is 24.8 Å². The summed E-state index contributed by atoms with van der Waals surface area (Å²) in [6, 6.07) is 0. The maximum atomic E-state index is 12.2. The van der Waals surface area contributed by atoms with Crippen molar-refractivity contribution in [1.82, 2.24) is 10.6 Å². The van der Waals surface area contributed by atoms with Gasteiger partial charge in [0.05, 0.1) is 13.5 Å². The van der Waals surface area contributed by atoms with Crippen LogP contribution in [-0.2, 0) is 28.6 Å². The number of carbonyl (C=O) groups excluding carboxylic acids is 4. The van der Waals surface area contributed by atoms with Crippen molar-refractivity contribution in [1.29, 1.82) is 0 Å². The van der Waals surface area contributed by atoms with Gasteiger partial charge in [0.25, 0.3) is 0 Å². The minimum Gasteiger partial charge on any atom is -0.468 e. The predicted molar refractivity (Wildman–Crippen MR) is 102 cm³/mol. The lowest BCUT2D eigenvalue weighted by molar-refractivity contribution is -0.154. The Labute approximate surface area is 166 Å². The lowest BCUT2D eigenvalue weighted by Crippen LogP contribution is -2.38. The maximum absolute atomic E-state index is 12.2. The second kappa shape index (κ2) is 11.5. The van der Waals surface area contributed by atoms with Crippen LogP contribution in [0.15, 0.2) is 0 Å². The Hall–Kier alpha value is -2.32. The summed E-state index contributed by atoms with van der Waals surface area (Å²) in [7, 11) is 1.20. The van der Waals surface area contributed by atoms with Gasteiger partial charge >= 0.3 is 18.0 Å². The number of amides is 2. The van der Waals surface area contributed by atoms with E-state index in [9.17, 15) is 19.2 Å². The number of nitrogens with one attached hydrogen (secondary N) is 2. The van der Waals surface area contributed by atoms with E-state index in [1.54, 1.807) is 41.5 Å². The molecule has 28 heavy (non-hydrogen) atoms. The molecule has 0 saturated carbocycles. The molecule has 9 heteroatoms. The molecule has 0 aromatic carbocycles. The van der Waals surface area contributed by atoms with E-state index in [2.05, 4.69) is 15.4 Å². The van der Waals surface area contributed by atoms with Gasteiger partial charge in [0.2, 0.25) is 5.91 Å². The van der Waals surface area contributed by atoms with Crippen molar-refractivity contribution in [3.05, 3.63) is 0 Å². The first-order valence-corrected chi connectivity index (χ1v) is 9.29. The van der Waals surface area contributed by atoms with Crippen LogP contribution in [0.1, 0.15) is 60.8 Å². The molecule has 0 bridgehead atoms. The molecule has 0 aliphatic heterocycles. The SMILES string of the molecule is COC(=O)C(CCCNC(=O)OC(C)(C)C)C(=O)NCCC(=O)OC(C)(C)C. The Bertz CT molecular complexity index is 547. The van der Waals surface area contributed by atoms with E-state index in [1.165, 1.54) is 7.11 Å². The number of ether oxygens (including phenoxy) is 3. The topological polar surface area (TPSA) is 120 Å². The third-order valence-electron chi connectivity index (χ3n) is 3.19. The van der Waals surface area contributed by atoms with Crippen LogP contribution in [0.5, 0.6) is 0 Å². The van der Waals surface area contributed by atoms with E-state index < -0.39 is 41.1 Å². The van der Waals surface area contributed by atoms with Gasteiger partial charge in [0.15, 0.2) is 0 Å². The molecular weight excluding hydrogens is 368 g/mol. The molecular formula is C19H34N2O7. The van der Waals surface area contributed by atoms with E-state index in [0.717, 1.165) is 0 Å². The highest BCUT2D eigenvalue weighted by Gasteiger charge is 2.27. The molecule has 9 nitrogen and oxygen atoms in total. The third kappa shape index (κ3) is 12.9. The lowest BCUT2D eigenvalue weighted by atomic mass is 10.0. The highest BCUT2D eigenvalue weighted by atomic mass is 16.6. The average molecular weight is 402 g/mol. The summed E-state index contributed by atoms with van der Waals surface area (Å²) in [6.07, 6.45) is -0.0139. The van der Waals surface area contributed by atoms with Crippen molar-refractivity contribution in [3.8, 4) is 0 Å². The van der Waals surface area contributed by atoms with Crippen LogP contribution in [0.2, 0.25) is 0 Å². The normalized spacial score (nSPS) is 12.5. The van der Waals surface area contributed by atoms with E-state index >= 15 is 0 Å². The van der Waals surface area contributed by atoms with Crippen LogP contribution < -0.4 is 10.6 Å². The van der Waals surface area contributed by atoms with Crippen molar-refractivity contribution in [2.45, 2.75) is 72.0 Å². The maximum Gasteiger partial charge on any atom is 0.407 e. The summed E-state index contributed by atoms with van der Waals surface area (Å²) in [6.45, 7) is 10.8. The highest BCUT2D eigenvalue weighted by molar-refractivity contribution is 5.97. The molecule has 0 aromatic heterocycles. The number of rotatable bonds is 9. The van der Waals surface area contributed by atoms with Crippen molar-refractivity contribution < 1.29 is 33.4 Å². The molecule has 0 spiro atoms. The largest absolute Gasteiger partial charge is 0.468 e. The third-order valence-corrected chi connectivity index (χ3v) is 3.19. The molecule has 0 aliphatic carbocycles. The fourth-order valence-electron chi connectivity index (χ4n) is 2.11. The van der Waals surface area contributed by atoms with E-state index in [0.29, 0.717) is 6.42 Å². The first-order valence-electron chi connectivity index (χ1n) is 9.29. The molecule has 162 valence electrons. The lowest BCUT2D eigenvalue weighted by Gasteiger charge is -2.20. The van der Waals surface area contributed by atoms with Crippen LogP contribution in [0.3, 0.4) is 0 Å². The molecule has 0 aromatic rings. The van der Waals surface area contributed by atoms with Crippen molar-refractivity contribution in [2.24, 2.45) is 5.92 Å². The number of hydrogen-bond donors (Lipinski definition) is 2. The minimum atomic E-state index is -1.02. The van der Waals surface area contributed by atoms with Crippen molar-refractivity contribution in [2.75, 3.05) is 20.2 Å². The number of esters is 2. The summed E-state index contributed by atoms with van der Waals surface area (Å²) >= 11 is 0. The quantitative estimate of drug-likeness (QED) is 0.262. The monoisotopic (exact) mass is 402 g/mol. The molecule has 2 N–H and O–H groups in total. The molecule has 0 heterocycles. The zero-order valence-electron chi connectivity index (χ0n) is 18.0. The minimum absolute atomic E-state index is 0.00287. The van der Waals surface area contributed by atoms with E-state index in [-0.39, 0.29) is 25.9 Å².